The van der Waals surface area contributed by atoms with Crippen LogP contribution in [-0.2, 0) is 9.53 Å². The molecule has 1 aliphatic heterocycles. The molecule has 0 spiro atoms. The third-order valence-corrected chi connectivity index (χ3v) is 5.52. The van der Waals surface area contributed by atoms with Gasteiger partial charge in [-0.3, -0.25) is 9.78 Å². The predicted molar refractivity (Wildman–Crippen MR) is 103 cm³/mol. The van der Waals surface area contributed by atoms with Crippen LogP contribution in [0.15, 0.2) is 53.9 Å². The van der Waals surface area contributed by atoms with Gasteiger partial charge in [0.25, 0.3) is 0 Å². The Morgan fingerprint density at radius 3 is 2.63 bits per heavy atom. The Bertz CT molecular complexity index is 942. The first kappa shape index (κ1) is 17.5. The summed E-state index contributed by atoms with van der Waals surface area (Å²) in [4.78, 5) is 16.6. The molecule has 1 aliphatic rings. The molecule has 4 rings (SSSR count). The molecule has 0 aliphatic carbocycles. The number of ether oxygens (including phenoxy) is 1. The van der Waals surface area contributed by atoms with Gasteiger partial charge in [-0.2, -0.15) is 0 Å². The fourth-order valence-corrected chi connectivity index (χ4v) is 4.05. The summed E-state index contributed by atoms with van der Waals surface area (Å²) in [6, 6.07) is 11.6. The molecule has 0 bridgehead atoms. The van der Waals surface area contributed by atoms with Crippen molar-refractivity contribution < 1.29 is 9.53 Å². The highest BCUT2D eigenvalue weighted by atomic mass is 32.2. The molecule has 7 nitrogen and oxygen atoms in total. The molecule has 0 unspecified atom stereocenters. The average molecular weight is 381 g/mol. The Kier molecular flexibility index (Phi) is 4.81. The minimum Gasteiger partial charge on any atom is -0.465 e. The zero-order chi connectivity index (χ0) is 18.8. The number of rotatable bonds is 4. The van der Waals surface area contributed by atoms with E-state index in [0.29, 0.717) is 17.6 Å². The minimum absolute atomic E-state index is 0.264. The Hall–Kier alpha value is -2.87. The lowest BCUT2D eigenvalue weighted by Crippen LogP contribution is -2.39. The lowest BCUT2D eigenvalue weighted by Gasteiger charge is -2.32. The molecule has 3 aromatic rings. The van der Waals surface area contributed by atoms with E-state index < -0.39 is 5.25 Å². The molecule has 1 aromatic carbocycles. The lowest BCUT2D eigenvalue weighted by atomic mass is 10.0. The quantitative estimate of drug-likeness (QED) is 0.696. The van der Waals surface area contributed by atoms with Gasteiger partial charge in [-0.15, -0.1) is 10.2 Å². The van der Waals surface area contributed by atoms with Crippen LogP contribution in [0.2, 0.25) is 0 Å². The summed E-state index contributed by atoms with van der Waals surface area (Å²) in [7, 11) is 0. The monoisotopic (exact) mass is 381 g/mol. The normalized spacial score (nSPS) is 18.4. The van der Waals surface area contributed by atoms with E-state index in [-0.39, 0.29) is 12.0 Å². The van der Waals surface area contributed by atoms with Crippen LogP contribution in [-0.4, -0.2) is 37.7 Å². The standard InChI is InChI=1S/C19H19N5O2S/c1-3-26-18(25)16-15(13-6-4-12(2)5-7-13)23-24-17(21-22-19(24)27-16)14-8-10-20-11-9-14/h4-11,15-16,23H,3H2,1-2H3/t15-,16-/m1/s1. The summed E-state index contributed by atoms with van der Waals surface area (Å²) in [6.45, 7) is 4.18. The van der Waals surface area contributed by atoms with E-state index in [4.69, 9.17) is 4.74 Å². The molecule has 0 saturated heterocycles. The van der Waals surface area contributed by atoms with Crippen LogP contribution >= 0.6 is 11.8 Å². The number of fused-ring (bicyclic) bond motifs is 1. The highest BCUT2D eigenvalue weighted by molar-refractivity contribution is 8.00. The molecule has 138 valence electrons. The number of pyridine rings is 1. The fourth-order valence-electron chi connectivity index (χ4n) is 2.97. The Morgan fingerprint density at radius 1 is 1.19 bits per heavy atom. The van der Waals surface area contributed by atoms with Gasteiger partial charge in [-0.05, 0) is 31.5 Å². The summed E-state index contributed by atoms with van der Waals surface area (Å²) in [6.07, 6.45) is 3.43. The van der Waals surface area contributed by atoms with Gasteiger partial charge >= 0.3 is 5.97 Å². The zero-order valence-corrected chi connectivity index (χ0v) is 15.8. The largest absolute Gasteiger partial charge is 0.465 e. The van der Waals surface area contributed by atoms with Crippen molar-refractivity contribution in [3.05, 3.63) is 59.9 Å². The molecular formula is C19H19N5O2S. The van der Waals surface area contributed by atoms with Crippen LogP contribution < -0.4 is 5.43 Å². The number of aromatic nitrogens is 4. The molecule has 0 radical (unpaired) electrons. The molecular weight excluding hydrogens is 362 g/mol. The predicted octanol–water partition coefficient (Wildman–Crippen LogP) is 2.97. The van der Waals surface area contributed by atoms with E-state index in [0.717, 1.165) is 16.7 Å². The van der Waals surface area contributed by atoms with Gasteiger partial charge in [0.2, 0.25) is 5.16 Å². The molecule has 0 saturated carbocycles. The second-order valence-electron chi connectivity index (χ2n) is 6.19. The molecule has 1 N–H and O–H groups in total. The van der Waals surface area contributed by atoms with Gasteiger partial charge in [-0.25, -0.2) is 4.68 Å². The van der Waals surface area contributed by atoms with Crippen LogP contribution in [0.1, 0.15) is 24.1 Å². The van der Waals surface area contributed by atoms with Gasteiger partial charge < -0.3 is 10.2 Å². The molecule has 3 heterocycles. The maximum Gasteiger partial charge on any atom is 0.322 e. The second kappa shape index (κ2) is 7.40. The summed E-state index contributed by atoms with van der Waals surface area (Å²) in [5.41, 5.74) is 6.49. The van der Waals surface area contributed by atoms with Crippen molar-refractivity contribution in [1.82, 2.24) is 19.9 Å². The van der Waals surface area contributed by atoms with Crippen LogP contribution in [0.25, 0.3) is 11.4 Å². The van der Waals surface area contributed by atoms with Gasteiger partial charge in [0.05, 0.1) is 12.6 Å². The minimum atomic E-state index is -0.449. The van der Waals surface area contributed by atoms with Crippen molar-refractivity contribution in [2.24, 2.45) is 0 Å². The van der Waals surface area contributed by atoms with Crippen molar-refractivity contribution in [3.63, 3.8) is 0 Å². The SMILES string of the molecule is CCOC(=O)[C@@H]1Sc2nnc(-c3ccncc3)n2N[C@@H]1c1ccc(C)cc1. The molecule has 0 amide bonds. The van der Waals surface area contributed by atoms with Crippen molar-refractivity contribution in [2.75, 3.05) is 12.0 Å². The summed E-state index contributed by atoms with van der Waals surface area (Å²) >= 11 is 1.36. The number of carbonyl (C=O) groups excluding carboxylic acids is 1. The van der Waals surface area contributed by atoms with Gasteiger partial charge in [0.15, 0.2) is 5.82 Å². The number of hydrogen-bond donors (Lipinski definition) is 1. The number of aryl methyl sites for hydroxylation is 1. The first-order chi connectivity index (χ1) is 13.2. The second-order valence-corrected chi connectivity index (χ2v) is 7.29. The first-order valence-corrected chi connectivity index (χ1v) is 9.57. The number of nitrogens with one attached hydrogen (secondary N) is 1. The number of nitrogens with zero attached hydrogens (tertiary/aromatic N) is 4. The Labute approximate surface area is 161 Å². The van der Waals surface area contributed by atoms with E-state index in [9.17, 15) is 4.79 Å². The van der Waals surface area contributed by atoms with Crippen LogP contribution in [0.4, 0.5) is 0 Å². The van der Waals surface area contributed by atoms with Crippen LogP contribution in [0.3, 0.4) is 0 Å². The zero-order valence-electron chi connectivity index (χ0n) is 15.0. The average Bonchev–Trinajstić information content (AvgIpc) is 3.11. The highest BCUT2D eigenvalue weighted by Gasteiger charge is 2.38. The van der Waals surface area contributed by atoms with E-state index in [2.05, 4.69) is 20.6 Å². The number of benzene rings is 1. The molecule has 27 heavy (non-hydrogen) atoms. The summed E-state index contributed by atoms with van der Waals surface area (Å²) < 4.78 is 7.13. The third-order valence-electron chi connectivity index (χ3n) is 4.33. The third kappa shape index (κ3) is 3.40. The highest BCUT2D eigenvalue weighted by Crippen LogP contribution is 2.39. The number of esters is 1. The van der Waals surface area contributed by atoms with Crippen molar-refractivity contribution in [3.8, 4) is 11.4 Å². The van der Waals surface area contributed by atoms with Gasteiger partial charge in [-0.1, -0.05) is 41.6 Å². The molecule has 2 atom stereocenters. The van der Waals surface area contributed by atoms with E-state index >= 15 is 0 Å². The lowest BCUT2D eigenvalue weighted by molar-refractivity contribution is -0.142. The van der Waals surface area contributed by atoms with Gasteiger partial charge in [0, 0.05) is 18.0 Å². The van der Waals surface area contributed by atoms with Crippen LogP contribution in [0.5, 0.6) is 0 Å². The maximum absolute atomic E-state index is 12.6. The summed E-state index contributed by atoms with van der Waals surface area (Å²) in [5, 5.41) is 8.73. The van der Waals surface area contributed by atoms with Gasteiger partial charge in [0.1, 0.15) is 5.25 Å². The number of thioether (sulfide) groups is 1. The Balaban J connectivity index is 1.75. The first-order valence-electron chi connectivity index (χ1n) is 8.69. The number of carbonyl (C=O) groups is 1. The van der Waals surface area contributed by atoms with Crippen molar-refractivity contribution in [1.29, 1.82) is 0 Å². The van der Waals surface area contributed by atoms with Crippen molar-refractivity contribution in [2.45, 2.75) is 30.3 Å². The van der Waals surface area contributed by atoms with Crippen molar-refractivity contribution >= 4 is 17.7 Å². The summed E-state index contributed by atoms with van der Waals surface area (Å²) in [5.74, 6) is 0.416. The molecule has 0 fully saturated rings. The number of hydrogen-bond acceptors (Lipinski definition) is 7. The maximum atomic E-state index is 12.6. The van der Waals surface area contributed by atoms with E-state index in [1.54, 1.807) is 12.4 Å². The van der Waals surface area contributed by atoms with Crippen LogP contribution in [0, 0.1) is 6.92 Å². The smallest absolute Gasteiger partial charge is 0.322 e. The van der Waals surface area contributed by atoms with E-state index in [1.165, 1.54) is 11.8 Å². The topological polar surface area (TPSA) is 81.9 Å². The fraction of sp³-hybridized carbons (Fsp3) is 0.263. The van der Waals surface area contributed by atoms with E-state index in [1.807, 2.05) is 54.9 Å². The molecule has 8 heteroatoms. The Morgan fingerprint density at radius 2 is 1.93 bits per heavy atom. The molecule has 2 aromatic heterocycles.